The van der Waals surface area contributed by atoms with Crippen molar-refractivity contribution in [3.05, 3.63) is 71.3 Å². The molecule has 0 N–H and O–H groups in total. The van der Waals surface area contributed by atoms with E-state index in [-0.39, 0.29) is 5.41 Å². The SMILES string of the molecule is C=C/C=C1\C(=C/C)C(C(C)(C)C)c2ccccc2C1C. The molecule has 0 heterocycles. The molecule has 0 fully saturated rings. The Bertz CT molecular complexity index is 564. The minimum atomic E-state index is 0.207. The number of hydrogen-bond acceptors (Lipinski definition) is 0. The lowest BCUT2D eigenvalue weighted by atomic mass is 9.62. The van der Waals surface area contributed by atoms with Gasteiger partial charge in [-0.1, -0.05) is 76.8 Å². The summed E-state index contributed by atoms with van der Waals surface area (Å²) in [5.41, 5.74) is 6.04. The van der Waals surface area contributed by atoms with E-state index < -0.39 is 0 Å². The summed E-state index contributed by atoms with van der Waals surface area (Å²) in [5, 5.41) is 0. The molecule has 0 saturated heterocycles. The standard InChI is InChI=1S/C20H26/c1-7-11-16-14(3)17-12-9-10-13-18(17)19(15(16)8-2)20(4,5)6/h7-14,19H,1H2,2-6H3/b15-8+,16-11-. The topological polar surface area (TPSA) is 0 Å². The van der Waals surface area contributed by atoms with E-state index in [1.54, 1.807) is 0 Å². The Morgan fingerprint density at radius 3 is 2.15 bits per heavy atom. The highest BCUT2D eigenvalue weighted by Crippen LogP contribution is 2.52. The molecule has 0 nitrogen and oxygen atoms in total. The van der Waals surface area contributed by atoms with Gasteiger partial charge in [0.2, 0.25) is 0 Å². The van der Waals surface area contributed by atoms with E-state index in [0.29, 0.717) is 11.8 Å². The minimum absolute atomic E-state index is 0.207. The number of benzene rings is 1. The van der Waals surface area contributed by atoms with E-state index in [0.717, 1.165) is 0 Å². The largest absolute Gasteiger partial charge is 0.0991 e. The third kappa shape index (κ3) is 2.40. The average molecular weight is 266 g/mol. The summed E-state index contributed by atoms with van der Waals surface area (Å²) in [6, 6.07) is 8.90. The number of hydrogen-bond donors (Lipinski definition) is 0. The predicted octanol–water partition coefficient (Wildman–Crippen LogP) is 5.99. The van der Waals surface area contributed by atoms with Gasteiger partial charge in [0.05, 0.1) is 0 Å². The van der Waals surface area contributed by atoms with Crippen LogP contribution in [0.4, 0.5) is 0 Å². The lowest BCUT2D eigenvalue weighted by Crippen LogP contribution is -2.28. The molecular weight excluding hydrogens is 240 g/mol. The van der Waals surface area contributed by atoms with Gasteiger partial charge in [0, 0.05) is 11.8 Å². The normalized spacial score (nSPS) is 26.6. The lowest BCUT2D eigenvalue weighted by Gasteiger charge is -2.42. The van der Waals surface area contributed by atoms with Crippen molar-refractivity contribution in [2.45, 2.75) is 46.5 Å². The van der Waals surface area contributed by atoms with E-state index in [4.69, 9.17) is 0 Å². The van der Waals surface area contributed by atoms with Crippen molar-refractivity contribution in [2.75, 3.05) is 0 Å². The molecule has 0 heteroatoms. The van der Waals surface area contributed by atoms with E-state index in [1.807, 2.05) is 6.08 Å². The van der Waals surface area contributed by atoms with Crippen LogP contribution < -0.4 is 0 Å². The Kier molecular flexibility index (Phi) is 4.04. The molecule has 1 aromatic rings. The fourth-order valence-corrected chi connectivity index (χ4v) is 3.55. The average Bonchev–Trinajstić information content (AvgIpc) is 2.40. The van der Waals surface area contributed by atoms with Gasteiger partial charge in [0.15, 0.2) is 0 Å². The first kappa shape index (κ1) is 14.8. The number of fused-ring (bicyclic) bond motifs is 1. The van der Waals surface area contributed by atoms with Crippen LogP contribution in [0.2, 0.25) is 0 Å². The first-order valence-corrected chi connectivity index (χ1v) is 7.49. The van der Waals surface area contributed by atoms with Gasteiger partial charge in [-0.15, -0.1) is 0 Å². The third-order valence-electron chi connectivity index (χ3n) is 4.36. The van der Waals surface area contributed by atoms with Gasteiger partial charge in [-0.25, -0.2) is 0 Å². The van der Waals surface area contributed by atoms with Crippen molar-refractivity contribution in [1.29, 1.82) is 0 Å². The van der Waals surface area contributed by atoms with Crippen molar-refractivity contribution in [3.8, 4) is 0 Å². The van der Waals surface area contributed by atoms with Crippen LogP contribution in [0.1, 0.15) is 57.6 Å². The quantitative estimate of drug-likeness (QED) is 0.585. The molecule has 0 aliphatic heterocycles. The summed E-state index contributed by atoms with van der Waals surface area (Å²) in [5.74, 6) is 0.889. The molecule has 2 unspecified atom stereocenters. The second-order valence-corrected chi connectivity index (χ2v) is 6.75. The lowest BCUT2D eigenvalue weighted by molar-refractivity contribution is 0.347. The van der Waals surface area contributed by atoms with Gasteiger partial charge in [0.25, 0.3) is 0 Å². The zero-order valence-electron chi connectivity index (χ0n) is 13.4. The van der Waals surface area contributed by atoms with E-state index in [2.05, 4.69) is 77.6 Å². The monoisotopic (exact) mass is 266 g/mol. The molecule has 0 saturated carbocycles. The van der Waals surface area contributed by atoms with Crippen LogP contribution in [0.3, 0.4) is 0 Å². The van der Waals surface area contributed by atoms with Gasteiger partial charge in [-0.3, -0.25) is 0 Å². The molecule has 2 rings (SSSR count). The van der Waals surface area contributed by atoms with E-state index in [9.17, 15) is 0 Å². The highest BCUT2D eigenvalue weighted by atomic mass is 14.4. The fraction of sp³-hybridized carbons (Fsp3) is 0.400. The molecule has 2 atom stereocenters. The molecule has 20 heavy (non-hydrogen) atoms. The molecule has 0 bridgehead atoms. The first-order valence-electron chi connectivity index (χ1n) is 7.49. The van der Waals surface area contributed by atoms with Crippen LogP contribution in [0.15, 0.2) is 60.2 Å². The molecule has 1 aliphatic rings. The second-order valence-electron chi connectivity index (χ2n) is 6.75. The maximum atomic E-state index is 3.90. The van der Waals surface area contributed by atoms with Gasteiger partial charge >= 0.3 is 0 Å². The molecule has 1 aliphatic carbocycles. The Labute approximate surface area is 123 Å². The van der Waals surface area contributed by atoms with Gasteiger partial charge in [-0.05, 0) is 34.6 Å². The summed E-state index contributed by atoms with van der Waals surface area (Å²) in [6.07, 6.45) is 6.40. The van der Waals surface area contributed by atoms with Crippen LogP contribution in [-0.4, -0.2) is 0 Å². The Morgan fingerprint density at radius 2 is 1.65 bits per heavy atom. The van der Waals surface area contributed by atoms with Crippen LogP contribution in [-0.2, 0) is 0 Å². The van der Waals surface area contributed by atoms with Crippen molar-refractivity contribution in [2.24, 2.45) is 5.41 Å². The number of allylic oxidation sites excluding steroid dienone is 5. The Hall–Kier alpha value is -1.56. The fourth-order valence-electron chi connectivity index (χ4n) is 3.55. The maximum absolute atomic E-state index is 3.90. The Balaban J connectivity index is 2.75. The van der Waals surface area contributed by atoms with E-state index >= 15 is 0 Å². The summed E-state index contributed by atoms with van der Waals surface area (Å²) in [7, 11) is 0. The highest BCUT2D eigenvalue weighted by Gasteiger charge is 2.37. The van der Waals surface area contributed by atoms with Crippen LogP contribution in [0.25, 0.3) is 0 Å². The Morgan fingerprint density at radius 1 is 1.05 bits per heavy atom. The zero-order valence-corrected chi connectivity index (χ0v) is 13.4. The second kappa shape index (κ2) is 5.44. The van der Waals surface area contributed by atoms with Crippen molar-refractivity contribution < 1.29 is 0 Å². The minimum Gasteiger partial charge on any atom is -0.0991 e. The summed E-state index contributed by atoms with van der Waals surface area (Å²) >= 11 is 0. The van der Waals surface area contributed by atoms with Crippen molar-refractivity contribution in [1.82, 2.24) is 0 Å². The molecule has 106 valence electrons. The molecule has 0 amide bonds. The molecular formula is C20H26. The van der Waals surface area contributed by atoms with Crippen LogP contribution in [0.5, 0.6) is 0 Å². The van der Waals surface area contributed by atoms with Crippen LogP contribution >= 0.6 is 0 Å². The molecule has 0 radical (unpaired) electrons. The molecule has 0 spiro atoms. The van der Waals surface area contributed by atoms with Gasteiger partial charge in [-0.2, -0.15) is 0 Å². The summed E-state index contributed by atoms with van der Waals surface area (Å²) < 4.78 is 0. The maximum Gasteiger partial charge on any atom is 0.0140 e. The summed E-state index contributed by atoms with van der Waals surface area (Å²) in [4.78, 5) is 0. The van der Waals surface area contributed by atoms with Crippen molar-refractivity contribution >= 4 is 0 Å². The third-order valence-corrected chi connectivity index (χ3v) is 4.36. The van der Waals surface area contributed by atoms with Crippen LogP contribution in [0, 0.1) is 5.41 Å². The molecule has 0 aromatic heterocycles. The van der Waals surface area contributed by atoms with Gasteiger partial charge < -0.3 is 0 Å². The highest BCUT2D eigenvalue weighted by molar-refractivity contribution is 5.56. The first-order chi connectivity index (χ1) is 9.41. The zero-order chi connectivity index (χ0) is 14.9. The summed E-state index contributed by atoms with van der Waals surface area (Å²) in [6.45, 7) is 15.4. The number of rotatable bonds is 1. The van der Waals surface area contributed by atoms with Gasteiger partial charge in [0.1, 0.15) is 0 Å². The van der Waals surface area contributed by atoms with Crippen molar-refractivity contribution in [3.63, 3.8) is 0 Å². The van der Waals surface area contributed by atoms with E-state index in [1.165, 1.54) is 22.3 Å². The smallest absolute Gasteiger partial charge is 0.0140 e. The molecule has 1 aromatic carbocycles. The predicted molar refractivity (Wildman–Crippen MR) is 89.1 cm³/mol.